The lowest BCUT2D eigenvalue weighted by Gasteiger charge is -2.22. The van der Waals surface area contributed by atoms with Gasteiger partial charge in [-0.2, -0.15) is 0 Å². The third kappa shape index (κ3) is 3.63. The second-order valence-electron chi connectivity index (χ2n) is 5.08. The summed E-state index contributed by atoms with van der Waals surface area (Å²) in [6.45, 7) is 6.02. The minimum absolute atomic E-state index is 0.249. The largest absolute Gasteiger partial charge is 0.293 e. The standard InChI is InChI=1S/C13H18BrNOS/c1-9(2)7-15(10-3-4-10)8-12(16)13-11(14)5-6-17-13/h5-6,9-10H,3-4,7-8H2,1-2H3. The van der Waals surface area contributed by atoms with Crippen molar-refractivity contribution in [3.05, 3.63) is 20.8 Å². The van der Waals surface area contributed by atoms with Crippen molar-refractivity contribution in [2.24, 2.45) is 5.92 Å². The number of thiophene rings is 1. The Balaban J connectivity index is 1.98. The summed E-state index contributed by atoms with van der Waals surface area (Å²) in [5, 5.41) is 1.96. The first-order valence-corrected chi connectivity index (χ1v) is 7.75. The Morgan fingerprint density at radius 3 is 2.76 bits per heavy atom. The van der Waals surface area contributed by atoms with E-state index in [1.807, 2.05) is 11.4 Å². The van der Waals surface area contributed by atoms with Crippen LogP contribution in [0.15, 0.2) is 15.9 Å². The topological polar surface area (TPSA) is 20.3 Å². The molecule has 0 spiro atoms. The molecule has 1 fully saturated rings. The Kier molecular flexibility index (Phi) is 4.39. The molecule has 1 heterocycles. The van der Waals surface area contributed by atoms with Crippen molar-refractivity contribution in [3.8, 4) is 0 Å². The zero-order chi connectivity index (χ0) is 12.4. The number of carbonyl (C=O) groups is 1. The van der Waals surface area contributed by atoms with E-state index < -0.39 is 0 Å². The Bertz CT molecular complexity index is 398. The molecule has 0 atom stereocenters. The highest BCUT2D eigenvalue weighted by molar-refractivity contribution is 9.10. The summed E-state index contributed by atoms with van der Waals surface area (Å²) in [4.78, 5) is 15.4. The Labute approximate surface area is 115 Å². The second kappa shape index (κ2) is 5.63. The van der Waals surface area contributed by atoms with Crippen molar-refractivity contribution in [2.75, 3.05) is 13.1 Å². The SMILES string of the molecule is CC(C)CN(CC(=O)c1sccc1Br)C1CC1. The fourth-order valence-electron chi connectivity index (χ4n) is 2.00. The van der Waals surface area contributed by atoms with Gasteiger partial charge >= 0.3 is 0 Å². The van der Waals surface area contributed by atoms with E-state index in [1.54, 1.807) is 0 Å². The predicted octanol–water partition coefficient (Wildman–Crippen LogP) is 3.81. The van der Waals surface area contributed by atoms with Crippen molar-refractivity contribution in [2.45, 2.75) is 32.7 Å². The lowest BCUT2D eigenvalue weighted by molar-refractivity contribution is 0.0918. The molecule has 0 unspecified atom stereocenters. The molecule has 0 radical (unpaired) electrons. The molecular formula is C13H18BrNOS. The highest BCUT2D eigenvalue weighted by atomic mass is 79.9. The molecule has 4 heteroatoms. The molecule has 1 aromatic rings. The van der Waals surface area contributed by atoms with Crippen molar-refractivity contribution >= 4 is 33.0 Å². The molecule has 2 rings (SSSR count). The number of ketones is 1. The van der Waals surface area contributed by atoms with E-state index in [1.165, 1.54) is 24.2 Å². The van der Waals surface area contributed by atoms with Gasteiger partial charge in [-0.15, -0.1) is 11.3 Å². The van der Waals surface area contributed by atoms with E-state index in [9.17, 15) is 4.79 Å². The third-order valence-corrected chi connectivity index (χ3v) is 4.76. The molecule has 0 amide bonds. The molecule has 1 saturated carbocycles. The van der Waals surface area contributed by atoms with Gasteiger partial charge < -0.3 is 0 Å². The summed E-state index contributed by atoms with van der Waals surface area (Å²) in [6, 6.07) is 2.60. The number of Topliss-reactive ketones (excluding diaryl/α,β-unsaturated/α-hetero) is 1. The van der Waals surface area contributed by atoms with Gasteiger partial charge in [0.25, 0.3) is 0 Å². The first-order chi connectivity index (χ1) is 8.08. The Morgan fingerprint density at radius 1 is 1.59 bits per heavy atom. The number of nitrogens with zero attached hydrogens (tertiary/aromatic N) is 1. The van der Waals surface area contributed by atoms with E-state index in [0.717, 1.165) is 15.9 Å². The van der Waals surface area contributed by atoms with Crippen LogP contribution in [0.3, 0.4) is 0 Å². The average Bonchev–Trinajstić information content (AvgIpc) is 3.00. The molecule has 2 nitrogen and oxygen atoms in total. The number of hydrogen-bond acceptors (Lipinski definition) is 3. The maximum Gasteiger partial charge on any atom is 0.187 e. The number of rotatable bonds is 6. The zero-order valence-electron chi connectivity index (χ0n) is 10.3. The van der Waals surface area contributed by atoms with Crippen molar-refractivity contribution in [1.29, 1.82) is 0 Å². The summed E-state index contributed by atoms with van der Waals surface area (Å²) < 4.78 is 0.938. The quantitative estimate of drug-likeness (QED) is 0.744. The van der Waals surface area contributed by atoms with Crippen molar-refractivity contribution in [1.82, 2.24) is 4.90 Å². The predicted molar refractivity (Wildman–Crippen MR) is 75.8 cm³/mol. The average molecular weight is 316 g/mol. The summed E-state index contributed by atoms with van der Waals surface area (Å²) in [5.74, 6) is 0.870. The molecule has 1 aromatic heterocycles. The van der Waals surface area contributed by atoms with Crippen LogP contribution in [0.4, 0.5) is 0 Å². The summed E-state index contributed by atoms with van der Waals surface area (Å²) in [5.41, 5.74) is 0. The van der Waals surface area contributed by atoms with Crippen LogP contribution in [-0.2, 0) is 0 Å². The molecule has 1 aliphatic carbocycles. The van der Waals surface area contributed by atoms with Crippen LogP contribution < -0.4 is 0 Å². The maximum atomic E-state index is 12.2. The van der Waals surface area contributed by atoms with Crippen LogP contribution in [0.2, 0.25) is 0 Å². The minimum atomic E-state index is 0.249. The van der Waals surface area contributed by atoms with Gasteiger partial charge in [0.2, 0.25) is 0 Å². The molecule has 0 aliphatic heterocycles. The number of halogens is 1. The van der Waals surface area contributed by atoms with E-state index in [2.05, 4.69) is 34.7 Å². The van der Waals surface area contributed by atoms with Gasteiger partial charge in [0, 0.05) is 17.1 Å². The minimum Gasteiger partial charge on any atom is -0.293 e. The second-order valence-corrected chi connectivity index (χ2v) is 6.85. The fourth-order valence-corrected chi connectivity index (χ4v) is 3.53. The van der Waals surface area contributed by atoms with Gasteiger partial charge in [-0.1, -0.05) is 13.8 Å². The molecule has 0 bridgehead atoms. The molecular weight excluding hydrogens is 298 g/mol. The molecule has 94 valence electrons. The zero-order valence-corrected chi connectivity index (χ0v) is 12.7. The lowest BCUT2D eigenvalue weighted by atomic mass is 10.2. The van der Waals surface area contributed by atoms with E-state index in [4.69, 9.17) is 0 Å². The highest BCUT2D eigenvalue weighted by Crippen LogP contribution is 2.29. The Morgan fingerprint density at radius 2 is 2.29 bits per heavy atom. The van der Waals surface area contributed by atoms with Gasteiger partial charge in [-0.3, -0.25) is 9.69 Å². The van der Waals surface area contributed by atoms with Gasteiger partial charge in [0.05, 0.1) is 11.4 Å². The maximum absolute atomic E-state index is 12.2. The lowest BCUT2D eigenvalue weighted by Crippen LogP contribution is -2.34. The van der Waals surface area contributed by atoms with Crippen LogP contribution in [0, 0.1) is 5.92 Å². The first-order valence-electron chi connectivity index (χ1n) is 6.08. The summed E-state index contributed by atoms with van der Waals surface area (Å²) >= 11 is 4.96. The van der Waals surface area contributed by atoms with Crippen LogP contribution in [-0.4, -0.2) is 29.8 Å². The van der Waals surface area contributed by atoms with Crippen LogP contribution >= 0.6 is 27.3 Å². The fraction of sp³-hybridized carbons (Fsp3) is 0.615. The van der Waals surface area contributed by atoms with Crippen molar-refractivity contribution in [3.63, 3.8) is 0 Å². The molecule has 0 aromatic carbocycles. The third-order valence-electron chi connectivity index (χ3n) is 2.88. The van der Waals surface area contributed by atoms with E-state index in [-0.39, 0.29) is 5.78 Å². The van der Waals surface area contributed by atoms with E-state index in [0.29, 0.717) is 18.5 Å². The monoisotopic (exact) mass is 315 g/mol. The normalized spacial score (nSPS) is 15.8. The summed E-state index contributed by atoms with van der Waals surface area (Å²) in [6.07, 6.45) is 2.51. The van der Waals surface area contributed by atoms with Crippen LogP contribution in [0.1, 0.15) is 36.4 Å². The van der Waals surface area contributed by atoms with Crippen LogP contribution in [0.5, 0.6) is 0 Å². The number of hydrogen-bond donors (Lipinski definition) is 0. The molecule has 1 aliphatic rings. The molecule has 17 heavy (non-hydrogen) atoms. The van der Waals surface area contributed by atoms with Gasteiger partial charge in [-0.05, 0) is 46.1 Å². The summed E-state index contributed by atoms with van der Waals surface area (Å²) in [7, 11) is 0. The molecule has 0 saturated heterocycles. The van der Waals surface area contributed by atoms with Crippen LogP contribution in [0.25, 0.3) is 0 Å². The first kappa shape index (κ1) is 13.2. The Hall–Kier alpha value is -0.190. The van der Waals surface area contributed by atoms with Gasteiger partial charge in [-0.25, -0.2) is 0 Å². The van der Waals surface area contributed by atoms with Gasteiger partial charge in [0.15, 0.2) is 5.78 Å². The van der Waals surface area contributed by atoms with Crippen molar-refractivity contribution < 1.29 is 4.79 Å². The van der Waals surface area contributed by atoms with Gasteiger partial charge in [0.1, 0.15) is 0 Å². The number of carbonyl (C=O) groups excluding carboxylic acids is 1. The highest BCUT2D eigenvalue weighted by Gasteiger charge is 2.31. The molecule has 0 N–H and O–H groups in total. The smallest absolute Gasteiger partial charge is 0.187 e. The van der Waals surface area contributed by atoms with E-state index >= 15 is 0 Å².